The van der Waals surface area contributed by atoms with Gasteiger partial charge in [0.25, 0.3) is 0 Å². The van der Waals surface area contributed by atoms with Crippen LogP contribution in [0.25, 0.3) is 0 Å². The minimum atomic E-state index is 1.20. The first kappa shape index (κ1) is 5.78. The van der Waals surface area contributed by atoms with E-state index in [1.54, 1.807) is 0 Å². The maximum absolute atomic E-state index is 2.26. The molecule has 0 bridgehead atoms. The van der Waals surface area contributed by atoms with E-state index < -0.39 is 0 Å². The van der Waals surface area contributed by atoms with Crippen LogP contribution in [0.1, 0.15) is 6.92 Å². The standard InChI is InChI=1S/C3H8N.Sb.2H/c1-3-4-2;;;/h3H2,1-2H3;;;/q-1;+1;;. The van der Waals surface area contributed by atoms with Crippen molar-refractivity contribution < 1.29 is 0 Å². The molecule has 0 radical (unpaired) electrons. The van der Waals surface area contributed by atoms with Crippen LogP contribution in [-0.4, -0.2) is 40.0 Å². The van der Waals surface area contributed by atoms with Crippen molar-refractivity contribution in [1.82, 2.24) is 3.06 Å². The average molecular weight is 182 g/mol. The molecule has 0 rings (SSSR count). The fraction of sp³-hybridized carbons (Fsp3) is 1.00. The summed E-state index contributed by atoms with van der Waals surface area (Å²) in [4.78, 5) is 0. The molecule has 32 valence electrons. The van der Waals surface area contributed by atoms with Gasteiger partial charge in [0.05, 0.1) is 0 Å². The van der Waals surface area contributed by atoms with Gasteiger partial charge in [-0.25, -0.2) is 0 Å². The Labute approximate surface area is 47.2 Å². The van der Waals surface area contributed by atoms with Gasteiger partial charge in [0, 0.05) is 0 Å². The van der Waals surface area contributed by atoms with Crippen LogP contribution < -0.4 is 0 Å². The van der Waals surface area contributed by atoms with E-state index in [0.29, 0.717) is 0 Å². The monoisotopic (exact) mass is 181 g/mol. The Morgan fingerprint density at radius 1 is 1.80 bits per heavy atom. The van der Waals surface area contributed by atoms with Gasteiger partial charge in [-0.2, -0.15) is 0 Å². The summed E-state index contributed by atoms with van der Waals surface area (Å²) >= 11 is 1.26. The average Bonchev–Trinajstić information content (AvgIpc) is 1.38. The molecule has 0 aromatic heterocycles. The number of hydrogen-bond acceptors (Lipinski definition) is 1. The van der Waals surface area contributed by atoms with Gasteiger partial charge in [-0.3, -0.25) is 0 Å². The quantitative estimate of drug-likeness (QED) is 0.493. The van der Waals surface area contributed by atoms with Gasteiger partial charge >= 0.3 is 46.9 Å². The van der Waals surface area contributed by atoms with Gasteiger partial charge in [-0.1, -0.05) is 0 Å². The summed E-state index contributed by atoms with van der Waals surface area (Å²) in [6.45, 7) is 3.35. The molecule has 0 heterocycles. The summed E-state index contributed by atoms with van der Waals surface area (Å²) in [7, 11) is 2.11. The van der Waals surface area contributed by atoms with Crippen molar-refractivity contribution in [2.45, 2.75) is 6.92 Å². The van der Waals surface area contributed by atoms with Crippen molar-refractivity contribution in [3.8, 4) is 0 Å². The number of nitrogens with zero attached hydrogens (tertiary/aromatic N) is 1. The van der Waals surface area contributed by atoms with Gasteiger partial charge < -0.3 is 0 Å². The van der Waals surface area contributed by atoms with Crippen molar-refractivity contribution in [1.29, 1.82) is 0 Å². The molecule has 0 aromatic carbocycles. The zero-order valence-electron chi connectivity index (χ0n) is 3.73. The summed E-state index contributed by atoms with van der Waals surface area (Å²) in [5, 5.41) is 0. The third-order valence-corrected chi connectivity index (χ3v) is 1.54. The van der Waals surface area contributed by atoms with Crippen molar-refractivity contribution in [3.05, 3.63) is 0 Å². The summed E-state index contributed by atoms with van der Waals surface area (Å²) in [5.74, 6) is 0. The van der Waals surface area contributed by atoms with Crippen LogP contribution in [-0.2, 0) is 0 Å². The maximum atomic E-state index is 2.26. The third kappa shape index (κ3) is 4.78. The molecular formula is C3H10NSb. The van der Waals surface area contributed by atoms with Crippen molar-refractivity contribution in [2.24, 2.45) is 0 Å². The normalized spacial score (nSPS) is 9.60. The second-order valence-corrected chi connectivity index (χ2v) is 3.59. The van der Waals surface area contributed by atoms with Gasteiger partial charge in [0.15, 0.2) is 0 Å². The van der Waals surface area contributed by atoms with E-state index in [1.807, 2.05) is 0 Å². The van der Waals surface area contributed by atoms with Gasteiger partial charge in [0.1, 0.15) is 0 Å². The predicted molar refractivity (Wildman–Crippen MR) is 26.8 cm³/mol. The van der Waals surface area contributed by atoms with Gasteiger partial charge in [-0.15, -0.1) is 0 Å². The number of hydrogen-bond donors (Lipinski definition) is 0. The third-order valence-electron chi connectivity index (χ3n) is 0.499. The van der Waals surface area contributed by atoms with E-state index in [0.717, 1.165) is 0 Å². The zero-order chi connectivity index (χ0) is 4.28. The Morgan fingerprint density at radius 3 is 2.00 bits per heavy atom. The Bertz CT molecular complexity index is 20.9. The topological polar surface area (TPSA) is 3.24 Å². The first-order valence-electron chi connectivity index (χ1n) is 1.73. The van der Waals surface area contributed by atoms with E-state index in [2.05, 4.69) is 17.0 Å². The molecule has 0 unspecified atom stereocenters. The van der Waals surface area contributed by atoms with Crippen LogP contribution in [0.15, 0.2) is 0 Å². The van der Waals surface area contributed by atoms with E-state index in [9.17, 15) is 0 Å². The zero-order valence-corrected chi connectivity index (χ0v) is 7.03. The van der Waals surface area contributed by atoms with Crippen LogP contribution in [0.5, 0.6) is 0 Å². The Balaban J connectivity index is 2.54. The minimum absolute atomic E-state index is 1.20. The fourth-order valence-corrected chi connectivity index (χ4v) is 0. The molecule has 0 spiro atoms. The first-order chi connectivity index (χ1) is 2.27. The van der Waals surface area contributed by atoms with Crippen molar-refractivity contribution in [3.63, 3.8) is 0 Å². The van der Waals surface area contributed by atoms with Gasteiger partial charge in [-0.05, 0) is 0 Å². The molecule has 0 atom stereocenters. The second kappa shape index (κ2) is 2.99. The summed E-state index contributed by atoms with van der Waals surface area (Å²) < 4.78 is 2.26. The van der Waals surface area contributed by atoms with Crippen LogP contribution in [0.4, 0.5) is 0 Å². The predicted octanol–water partition coefficient (Wildman–Crippen LogP) is -0.514. The molecule has 5 heavy (non-hydrogen) atoms. The summed E-state index contributed by atoms with van der Waals surface area (Å²) in [6.07, 6.45) is 0. The van der Waals surface area contributed by atoms with E-state index in [-0.39, 0.29) is 0 Å². The molecule has 0 amide bonds. The summed E-state index contributed by atoms with van der Waals surface area (Å²) in [6, 6.07) is 0. The van der Waals surface area contributed by atoms with Crippen LogP contribution in [0, 0.1) is 0 Å². The molecule has 0 N–H and O–H groups in total. The Hall–Kier alpha value is 0.778. The van der Waals surface area contributed by atoms with Crippen LogP contribution in [0.3, 0.4) is 0 Å². The molecule has 0 aliphatic carbocycles. The Kier molecular flexibility index (Phi) is 3.45. The van der Waals surface area contributed by atoms with E-state index in [4.69, 9.17) is 0 Å². The van der Waals surface area contributed by atoms with Crippen LogP contribution in [0.2, 0.25) is 0 Å². The SMILES string of the molecule is CC[N](C)[SbH2]. The summed E-state index contributed by atoms with van der Waals surface area (Å²) in [5.41, 5.74) is 0. The molecule has 0 saturated carbocycles. The van der Waals surface area contributed by atoms with Gasteiger partial charge in [0.2, 0.25) is 0 Å². The van der Waals surface area contributed by atoms with Crippen LogP contribution >= 0.6 is 0 Å². The molecule has 0 aliphatic heterocycles. The first-order valence-corrected chi connectivity index (χ1v) is 3.20. The second-order valence-electron chi connectivity index (χ2n) is 1.07. The Morgan fingerprint density at radius 2 is 2.00 bits per heavy atom. The van der Waals surface area contributed by atoms with E-state index in [1.165, 1.54) is 29.8 Å². The molecule has 0 saturated heterocycles. The van der Waals surface area contributed by atoms with E-state index >= 15 is 0 Å². The molecule has 0 aliphatic rings. The van der Waals surface area contributed by atoms with Crippen molar-refractivity contribution >= 4 is 23.3 Å². The molecule has 0 fully saturated rings. The molecule has 0 aromatic rings. The van der Waals surface area contributed by atoms with Crippen molar-refractivity contribution in [2.75, 3.05) is 13.6 Å². The molecular weight excluding hydrogens is 172 g/mol. The molecule has 1 nitrogen and oxygen atoms in total. The molecule has 2 heteroatoms. The fourth-order valence-electron chi connectivity index (χ4n) is 0. The number of rotatable bonds is 1.